The van der Waals surface area contributed by atoms with Crippen LogP contribution < -0.4 is 0 Å². The Kier molecular flexibility index (Phi) is 3.30. The van der Waals surface area contributed by atoms with E-state index in [2.05, 4.69) is 14.8 Å². The van der Waals surface area contributed by atoms with Crippen molar-refractivity contribution in [2.45, 2.75) is 16.6 Å². The summed E-state index contributed by atoms with van der Waals surface area (Å²) in [4.78, 5) is 6.26. The maximum atomic E-state index is 5.63. The zero-order valence-corrected chi connectivity index (χ0v) is 10.3. The second-order valence-corrected chi connectivity index (χ2v) is 22.7. The van der Waals surface area contributed by atoms with Gasteiger partial charge in [0, 0.05) is 0 Å². The molecule has 0 spiro atoms. The molecule has 0 aliphatic carbocycles. The van der Waals surface area contributed by atoms with Gasteiger partial charge < -0.3 is 0 Å². The van der Waals surface area contributed by atoms with E-state index in [4.69, 9.17) is 34.8 Å². The molecule has 0 saturated carbocycles. The number of hydrogen-bond donors (Lipinski definition) is 0. The van der Waals surface area contributed by atoms with E-state index in [1.807, 2.05) is 0 Å². The third-order valence-corrected chi connectivity index (χ3v) is 17.1. The fraction of sp³-hybridized carbons (Fsp3) is 1.00. The molecule has 0 radical (unpaired) electrons. The van der Waals surface area contributed by atoms with Crippen LogP contribution in [0.4, 0.5) is 0 Å². The average molecular weight is 282 g/mol. The Balaban J connectivity index is 4.02. The quantitative estimate of drug-likeness (QED) is 0.472. The van der Waals surface area contributed by atoms with E-state index in [1.54, 1.807) is 0 Å². The molecule has 0 rings (SSSR count). The Bertz CT molecular complexity index is 66.3. The van der Waals surface area contributed by atoms with Crippen molar-refractivity contribution in [3.05, 3.63) is 0 Å². The molecule has 0 nitrogen and oxygen atoms in total. The van der Waals surface area contributed by atoms with Crippen molar-refractivity contribution in [1.29, 1.82) is 0 Å². The van der Waals surface area contributed by atoms with E-state index >= 15 is 0 Å². The molecule has 0 heterocycles. The van der Waals surface area contributed by atoms with E-state index in [-0.39, 0.29) is 0 Å². The van der Waals surface area contributed by atoms with Crippen LogP contribution in [0, 0.1) is 0 Å². The molecule has 0 aromatic carbocycles. The van der Waals surface area contributed by atoms with Crippen LogP contribution in [0.2, 0.25) is 14.8 Å². The van der Waals surface area contributed by atoms with Gasteiger partial charge in [-0.15, -0.1) is 0 Å². The maximum absolute atomic E-state index is 5.63. The molecule has 0 bridgehead atoms. The van der Waals surface area contributed by atoms with Crippen molar-refractivity contribution in [2.24, 2.45) is 0 Å². The molecule has 0 amide bonds. The van der Waals surface area contributed by atoms with E-state index in [1.165, 1.54) is 0 Å². The molecule has 0 saturated heterocycles. The average Bonchev–Trinajstić information content (AvgIpc) is 1.25. The van der Waals surface area contributed by atoms with Crippen LogP contribution in [-0.2, 0) is 0 Å². The van der Waals surface area contributed by atoms with Gasteiger partial charge >= 0.3 is 69.8 Å². The van der Waals surface area contributed by atoms with Crippen molar-refractivity contribution in [3.63, 3.8) is 0 Å². The molecule has 0 unspecified atom stereocenters. The van der Waals surface area contributed by atoms with Crippen molar-refractivity contribution < 1.29 is 0 Å². The van der Waals surface area contributed by atoms with Gasteiger partial charge in [-0.2, -0.15) is 0 Å². The summed E-state index contributed by atoms with van der Waals surface area (Å²) in [5.74, 6) is 0. The first-order valence-electron chi connectivity index (χ1n) is 2.32. The SMILES string of the molecule is [CH3][Sn]([CH3])([CH3])[C](Cl)(Cl)Cl. The van der Waals surface area contributed by atoms with Gasteiger partial charge in [0.2, 0.25) is 0 Å². The van der Waals surface area contributed by atoms with Gasteiger partial charge in [-0.05, 0) is 0 Å². The first-order valence-corrected chi connectivity index (χ1v) is 13.4. The summed E-state index contributed by atoms with van der Waals surface area (Å²) >= 11 is 14.7. The van der Waals surface area contributed by atoms with Gasteiger partial charge in [-0.3, -0.25) is 0 Å². The van der Waals surface area contributed by atoms with Gasteiger partial charge in [0.1, 0.15) is 0 Å². The minimum atomic E-state index is -2.23. The Morgan fingerprint density at radius 3 is 1.12 bits per heavy atom. The zero-order valence-electron chi connectivity index (χ0n) is 5.13. The molecule has 4 heteroatoms. The van der Waals surface area contributed by atoms with Crippen LogP contribution in [0.25, 0.3) is 0 Å². The first-order chi connectivity index (χ1) is 3.25. The molecular weight excluding hydrogens is 273 g/mol. The van der Waals surface area contributed by atoms with E-state index < -0.39 is 20.2 Å². The Hall–Kier alpha value is 1.67. The molecule has 0 N–H and O–H groups in total. The van der Waals surface area contributed by atoms with Crippen molar-refractivity contribution >= 4 is 53.2 Å². The van der Waals surface area contributed by atoms with Crippen LogP contribution in [0.3, 0.4) is 0 Å². The number of halogens is 3. The van der Waals surface area contributed by atoms with Gasteiger partial charge in [0.15, 0.2) is 0 Å². The molecule has 0 aromatic heterocycles. The predicted molar refractivity (Wildman–Crippen MR) is 43.6 cm³/mol. The van der Waals surface area contributed by atoms with Crippen LogP contribution in [0.15, 0.2) is 0 Å². The first kappa shape index (κ1) is 9.67. The second kappa shape index (κ2) is 2.73. The van der Waals surface area contributed by atoms with Gasteiger partial charge in [-0.1, -0.05) is 0 Å². The van der Waals surface area contributed by atoms with E-state index in [0.29, 0.717) is 0 Å². The van der Waals surface area contributed by atoms with Crippen LogP contribution in [0.5, 0.6) is 0 Å². The Morgan fingerprint density at radius 2 is 1.12 bits per heavy atom. The molecule has 0 aliphatic rings. The topological polar surface area (TPSA) is 0 Å². The predicted octanol–water partition coefficient (Wildman–Crippen LogP) is 3.23. The standard InChI is InChI=1S/CCl3.3CH3.Sn/c2-1(3)4;;;;/h;3*1H3;. The molecule has 0 aromatic rings. The fourth-order valence-electron chi connectivity index (χ4n) is 0. The third-order valence-electron chi connectivity index (χ3n) is 0.850. The number of rotatable bonds is 0. The monoisotopic (exact) mass is 282 g/mol. The summed E-state index contributed by atoms with van der Waals surface area (Å²) in [6, 6.07) is 0. The molecular formula is C4H9Cl3Sn. The number of alkyl halides is 3. The van der Waals surface area contributed by atoms with Gasteiger partial charge in [-0.25, -0.2) is 0 Å². The minimum absolute atomic E-state index is 0.936. The third kappa shape index (κ3) is 3.00. The zero-order chi connectivity index (χ0) is 7.00. The van der Waals surface area contributed by atoms with Gasteiger partial charge in [0.25, 0.3) is 0 Å². The molecule has 0 fully saturated rings. The normalized spacial score (nSPS) is 14.2. The van der Waals surface area contributed by atoms with Gasteiger partial charge in [0.05, 0.1) is 0 Å². The van der Waals surface area contributed by atoms with Crippen LogP contribution in [-0.4, -0.2) is 20.2 Å². The molecule has 8 heavy (non-hydrogen) atoms. The van der Waals surface area contributed by atoms with Crippen molar-refractivity contribution in [1.82, 2.24) is 0 Å². The molecule has 0 atom stereocenters. The number of hydrogen-bond acceptors (Lipinski definition) is 0. The summed E-state index contributed by atoms with van der Waals surface area (Å²) in [7, 11) is 0. The Labute approximate surface area is 69.4 Å². The summed E-state index contributed by atoms with van der Waals surface area (Å²) in [5, 5.41) is 0. The summed E-state index contributed by atoms with van der Waals surface area (Å²) < 4.78 is -0.936. The summed E-state index contributed by atoms with van der Waals surface area (Å²) in [6.07, 6.45) is 0. The molecule has 50 valence electrons. The summed E-state index contributed by atoms with van der Waals surface area (Å²) in [6.45, 7) is 0. The molecule has 0 aliphatic heterocycles. The summed E-state index contributed by atoms with van der Waals surface area (Å²) in [5.41, 5.74) is 0. The second-order valence-electron chi connectivity index (χ2n) is 2.75. The van der Waals surface area contributed by atoms with Crippen molar-refractivity contribution in [2.75, 3.05) is 0 Å². The van der Waals surface area contributed by atoms with Crippen LogP contribution in [0.1, 0.15) is 0 Å². The van der Waals surface area contributed by atoms with E-state index in [9.17, 15) is 0 Å². The van der Waals surface area contributed by atoms with Crippen molar-refractivity contribution in [3.8, 4) is 0 Å². The van der Waals surface area contributed by atoms with Crippen LogP contribution >= 0.6 is 34.8 Å². The fourth-order valence-corrected chi connectivity index (χ4v) is 0. The van der Waals surface area contributed by atoms with E-state index in [0.717, 1.165) is 0 Å². The Morgan fingerprint density at radius 1 is 1.00 bits per heavy atom.